The summed E-state index contributed by atoms with van der Waals surface area (Å²) in [6.07, 6.45) is 1.70. The molecule has 0 spiro atoms. The van der Waals surface area contributed by atoms with Crippen molar-refractivity contribution in [3.8, 4) is 11.5 Å². The first-order chi connectivity index (χ1) is 11.6. The molecule has 0 fully saturated rings. The van der Waals surface area contributed by atoms with E-state index in [1.165, 1.54) is 5.56 Å². The van der Waals surface area contributed by atoms with Gasteiger partial charge in [0.05, 0.1) is 17.4 Å². The van der Waals surface area contributed by atoms with Crippen LogP contribution in [0.2, 0.25) is 0 Å². The molecule has 0 bridgehead atoms. The Morgan fingerprint density at radius 1 is 1.17 bits per heavy atom. The average Bonchev–Trinajstić information content (AvgIpc) is 2.98. The second kappa shape index (κ2) is 6.74. The highest BCUT2D eigenvalue weighted by atomic mass is 16.5. The lowest BCUT2D eigenvalue weighted by molar-refractivity contribution is -0.130. The Labute approximate surface area is 141 Å². The summed E-state index contributed by atoms with van der Waals surface area (Å²) >= 11 is 0. The molecule has 0 saturated carbocycles. The molecule has 3 aromatic rings. The summed E-state index contributed by atoms with van der Waals surface area (Å²) in [6.45, 7) is 4.96. The Kier molecular flexibility index (Phi) is 4.51. The van der Waals surface area contributed by atoms with Gasteiger partial charge in [0.1, 0.15) is 18.0 Å². The Hall–Kier alpha value is -2.82. The summed E-state index contributed by atoms with van der Waals surface area (Å²) < 4.78 is 7.76. The number of nitrogens with zero attached hydrogens (tertiary/aromatic N) is 3. The van der Waals surface area contributed by atoms with Gasteiger partial charge in [-0.2, -0.15) is 0 Å². The summed E-state index contributed by atoms with van der Waals surface area (Å²) in [5.41, 5.74) is 2.92. The number of hydrogen-bond acceptors (Lipinski definition) is 3. The molecule has 2 aromatic carbocycles. The molecule has 1 aromatic heterocycles. The van der Waals surface area contributed by atoms with Crippen LogP contribution in [0.1, 0.15) is 12.5 Å². The van der Waals surface area contributed by atoms with Gasteiger partial charge < -0.3 is 14.2 Å². The van der Waals surface area contributed by atoms with Gasteiger partial charge in [0.25, 0.3) is 0 Å². The van der Waals surface area contributed by atoms with Gasteiger partial charge in [-0.15, -0.1) is 0 Å². The van der Waals surface area contributed by atoms with Gasteiger partial charge >= 0.3 is 0 Å². The molecule has 1 heterocycles. The Balaban J connectivity index is 1.85. The quantitative estimate of drug-likeness (QED) is 0.720. The molecule has 5 nitrogen and oxygen atoms in total. The lowest BCUT2D eigenvalue weighted by atomic mass is 10.2. The van der Waals surface area contributed by atoms with E-state index in [0.29, 0.717) is 6.54 Å². The van der Waals surface area contributed by atoms with Gasteiger partial charge in [0, 0.05) is 19.7 Å². The largest absolute Gasteiger partial charge is 0.457 e. The van der Waals surface area contributed by atoms with Crippen molar-refractivity contribution in [3.63, 3.8) is 0 Å². The predicted molar refractivity (Wildman–Crippen MR) is 94.3 cm³/mol. The van der Waals surface area contributed by atoms with Crippen molar-refractivity contribution in [2.24, 2.45) is 0 Å². The third-order valence-corrected chi connectivity index (χ3v) is 4.05. The molecule has 0 unspecified atom stereocenters. The molecule has 0 atom stereocenters. The number of carbonyl (C=O) groups excluding carboxylic acids is 1. The fourth-order valence-corrected chi connectivity index (χ4v) is 2.41. The van der Waals surface area contributed by atoms with Gasteiger partial charge in [-0.3, -0.25) is 4.79 Å². The molecule has 24 heavy (non-hydrogen) atoms. The van der Waals surface area contributed by atoms with Crippen molar-refractivity contribution < 1.29 is 9.53 Å². The van der Waals surface area contributed by atoms with E-state index in [1.54, 1.807) is 18.3 Å². The second-order valence-electron chi connectivity index (χ2n) is 5.85. The predicted octanol–water partition coefficient (Wildman–Crippen LogP) is 3.62. The van der Waals surface area contributed by atoms with Crippen molar-refractivity contribution in [3.05, 3.63) is 54.4 Å². The summed E-state index contributed by atoms with van der Waals surface area (Å²) in [4.78, 5) is 18.2. The maximum absolute atomic E-state index is 12.1. The lowest BCUT2D eigenvalue weighted by Gasteiger charge is -2.15. The van der Waals surface area contributed by atoms with Crippen molar-refractivity contribution >= 4 is 16.9 Å². The number of amides is 1. The van der Waals surface area contributed by atoms with Gasteiger partial charge in [-0.05, 0) is 38.1 Å². The van der Waals surface area contributed by atoms with Crippen LogP contribution in [0, 0.1) is 6.92 Å². The summed E-state index contributed by atoms with van der Waals surface area (Å²) in [6, 6.07) is 13.6. The molecular formula is C19H21N3O2. The number of fused-ring (bicyclic) bond motifs is 1. The second-order valence-corrected chi connectivity index (χ2v) is 5.85. The van der Waals surface area contributed by atoms with E-state index in [1.807, 2.05) is 60.9 Å². The minimum atomic E-state index is 0.0571. The van der Waals surface area contributed by atoms with Gasteiger partial charge in [0.2, 0.25) is 5.91 Å². The minimum Gasteiger partial charge on any atom is -0.457 e. The van der Waals surface area contributed by atoms with Crippen molar-refractivity contribution in [2.45, 2.75) is 20.4 Å². The molecular weight excluding hydrogens is 302 g/mol. The summed E-state index contributed by atoms with van der Waals surface area (Å²) in [5.74, 6) is 1.57. The average molecular weight is 323 g/mol. The first-order valence-corrected chi connectivity index (χ1v) is 8.00. The fourth-order valence-electron chi connectivity index (χ4n) is 2.41. The van der Waals surface area contributed by atoms with E-state index in [4.69, 9.17) is 4.74 Å². The van der Waals surface area contributed by atoms with Crippen LogP contribution in [0.3, 0.4) is 0 Å². The monoisotopic (exact) mass is 323 g/mol. The van der Waals surface area contributed by atoms with Crippen molar-refractivity contribution in [1.29, 1.82) is 0 Å². The molecule has 0 N–H and O–H groups in total. The first-order valence-electron chi connectivity index (χ1n) is 8.00. The van der Waals surface area contributed by atoms with Crippen LogP contribution in [0.25, 0.3) is 11.0 Å². The van der Waals surface area contributed by atoms with Gasteiger partial charge in [0.15, 0.2) is 0 Å². The van der Waals surface area contributed by atoms with Crippen molar-refractivity contribution in [1.82, 2.24) is 14.5 Å². The number of rotatable bonds is 5. The highest BCUT2D eigenvalue weighted by molar-refractivity contribution is 5.81. The standard InChI is InChI=1S/C19H21N3O2/c1-4-21(3)19(23)12-22-13-20-17-10-9-16(11-18(17)22)24-15-7-5-14(2)6-8-15/h5-11,13H,4,12H2,1-3H3. The van der Waals surface area contributed by atoms with E-state index in [0.717, 1.165) is 22.5 Å². The summed E-state index contributed by atoms with van der Waals surface area (Å²) in [7, 11) is 1.80. The molecule has 0 aliphatic rings. The Bertz CT molecular complexity index is 853. The van der Waals surface area contributed by atoms with Gasteiger partial charge in [-0.1, -0.05) is 17.7 Å². The van der Waals surface area contributed by atoms with Crippen LogP contribution >= 0.6 is 0 Å². The minimum absolute atomic E-state index is 0.0571. The number of benzene rings is 2. The number of hydrogen-bond donors (Lipinski definition) is 0. The van der Waals surface area contributed by atoms with Crippen LogP contribution < -0.4 is 4.74 Å². The topological polar surface area (TPSA) is 47.4 Å². The molecule has 0 radical (unpaired) electrons. The SMILES string of the molecule is CCN(C)C(=O)Cn1cnc2ccc(Oc3ccc(C)cc3)cc21. The number of aryl methyl sites for hydroxylation is 1. The van der Waals surface area contributed by atoms with E-state index in [9.17, 15) is 4.79 Å². The number of imidazole rings is 1. The lowest BCUT2D eigenvalue weighted by Crippen LogP contribution is -2.29. The zero-order chi connectivity index (χ0) is 17.1. The third-order valence-electron chi connectivity index (χ3n) is 4.05. The maximum atomic E-state index is 12.1. The third kappa shape index (κ3) is 3.40. The highest BCUT2D eigenvalue weighted by Gasteiger charge is 2.11. The van der Waals surface area contributed by atoms with E-state index < -0.39 is 0 Å². The fraction of sp³-hybridized carbons (Fsp3) is 0.263. The molecule has 5 heteroatoms. The zero-order valence-corrected chi connectivity index (χ0v) is 14.2. The summed E-state index contributed by atoms with van der Waals surface area (Å²) in [5, 5.41) is 0. The van der Waals surface area contributed by atoms with E-state index in [2.05, 4.69) is 4.98 Å². The zero-order valence-electron chi connectivity index (χ0n) is 14.2. The number of carbonyl (C=O) groups is 1. The van der Waals surface area contributed by atoms with Crippen LogP contribution in [0.5, 0.6) is 11.5 Å². The maximum Gasteiger partial charge on any atom is 0.242 e. The molecule has 3 rings (SSSR count). The molecule has 124 valence electrons. The normalized spacial score (nSPS) is 10.8. The smallest absolute Gasteiger partial charge is 0.242 e. The van der Waals surface area contributed by atoms with Crippen LogP contribution in [-0.2, 0) is 11.3 Å². The molecule has 1 amide bonds. The van der Waals surface area contributed by atoms with E-state index >= 15 is 0 Å². The molecule has 0 aliphatic heterocycles. The van der Waals surface area contributed by atoms with E-state index in [-0.39, 0.29) is 12.5 Å². The molecule has 0 aliphatic carbocycles. The number of aromatic nitrogens is 2. The Morgan fingerprint density at radius 2 is 1.88 bits per heavy atom. The van der Waals surface area contributed by atoms with Crippen LogP contribution in [-0.4, -0.2) is 34.0 Å². The van der Waals surface area contributed by atoms with Crippen LogP contribution in [0.4, 0.5) is 0 Å². The highest BCUT2D eigenvalue weighted by Crippen LogP contribution is 2.25. The Morgan fingerprint density at radius 3 is 2.58 bits per heavy atom. The number of likely N-dealkylation sites (N-methyl/N-ethyl adjacent to an activating group) is 1. The molecule has 0 saturated heterocycles. The van der Waals surface area contributed by atoms with Crippen LogP contribution in [0.15, 0.2) is 48.8 Å². The first kappa shape index (κ1) is 16.1. The van der Waals surface area contributed by atoms with Gasteiger partial charge in [-0.25, -0.2) is 4.98 Å². The van der Waals surface area contributed by atoms with Crippen molar-refractivity contribution in [2.75, 3.05) is 13.6 Å². The number of ether oxygens (including phenoxy) is 1.